The Morgan fingerprint density at radius 1 is 0.513 bits per heavy atom. The van der Waals surface area contributed by atoms with Gasteiger partial charge in [0.2, 0.25) is 35.4 Å². The Labute approximate surface area is 229 Å². The standard InChI is InChI=1S/C27H42N6O6/c1-10(2)16-25-31-20(13(7)37-25)23(35)29-18(12(5)6)27-33-21(15(9)39-27)24(36)30-17(11(3)4)26-32-19(14(8)38-26)22(34)28-16/h10-21H,1-9H3,(H,28,34)(H,29,35)(H,30,36)/t13-,14-,15-,16-,17-,18+,19+,20+,21+/m1/s1. The van der Waals surface area contributed by atoms with Gasteiger partial charge in [-0.3, -0.25) is 14.4 Å². The molecular formula is C27H42N6O6. The topological polar surface area (TPSA) is 152 Å². The smallest absolute Gasteiger partial charge is 0.249 e. The molecule has 3 N–H and O–H groups in total. The highest BCUT2D eigenvalue weighted by atomic mass is 16.5. The summed E-state index contributed by atoms with van der Waals surface area (Å²) in [6.45, 7) is 17.0. The normalized spacial score (nSPS) is 37.1. The Kier molecular flexibility index (Phi) is 8.22. The lowest BCUT2D eigenvalue weighted by Crippen LogP contribution is -2.49. The summed E-state index contributed by atoms with van der Waals surface area (Å²) in [5.41, 5.74) is 0. The lowest BCUT2D eigenvalue weighted by atomic mass is 10.0. The molecule has 4 aliphatic heterocycles. The molecule has 0 fully saturated rings. The summed E-state index contributed by atoms with van der Waals surface area (Å²) in [6, 6.07) is -4.14. The molecule has 9 atom stereocenters. The Morgan fingerprint density at radius 3 is 0.949 bits per heavy atom. The zero-order valence-corrected chi connectivity index (χ0v) is 24.2. The van der Waals surface area contributed by atoms with Crippen molar-refractivity contribution in [2.45, 2.75) is 117 Å². The molecule has 0 saturated carbocycles. The zero-order chi connectivity index (χ0) is 28.8. The number of carbonyl (C=O) groups excluding carboxylic acids is 3. The zero-order valence-electron chi connectivity index (χ0n) is 24.2. The minimum atomic E-state index is -0.818. The Bertz CT molecular complexity index is 952. The first-order valence-corrected chi connectivity index (χ1v) is 13.9. The van der Waals surface area contributed by atoms with E-state index in [0.717, 1.165) is 0 Å². The van der Waals surface area contributed by atoms with Crippen molar-refractivity contribution in [3.8, 4) is 0 Å². The SMILES string of the molecule is CC(C)[C@@H]1NC(=O)[C@H]2N=C(O[C@@H]2C)[C@@H](C(C)C)NC(=O)[C@H]2N=C(O[C@@H]2C)[C@@H](C(C)C)NC(=O)[C@H]2N=C1O[C@@H]2C. The lowest BCUT2D eigenvalue weighted by Gasteiger charge is -2.24. The molecule has 0 aliphatic carbocycles. The van der Waals surface area contributed by atoms with Gasteiger partial charge in [0, 0.05) is 0 Å². The number of nitrogens with zero attached hydrogens (tertiary/aromatic N) is 3. The van der Waals surface area contributed by atoms with Crippen LogP contribution in [0, 0.1) is 17.8 Å². The van der Waals surface area contributed by atoms with Crippen molar-refractivity contribution >= 4 is 35.4 Å². The highest BCUT2D eigenvalue weighted by Gasteiger charge is 2.45. The van der Waals surface area contributed by atoms with Crippen molar-refractivity contribution in [3.63, 3.8) is 0 Å². The van der Waals surface area contributed by atoms with Crippen molar-refractivity contribution in [1.29, 1.82) is 0 Å². The third kappa shape index (κ3) is 5.74. The molecule has 0 aromatic carbocycles. The largest absolute Gasteiger partial charge is 0.474 e. The van der Waals surface area contributed by atoms with E-state index in [2.05, 4.69) is 30.9 Å². The van der Waals surface area contributed by atoms with Crippen LogP contribution < -0.4 is 16.0 Å². The number of amides is 3. The number of ether oxygens (including phenoxy) is 3. The lowest BCUT2D eigenvalue weighted by molar-refractivity contribution is -0.125. The molecule has 3 amide bonds. The first-order chi connectivity index (χ1) is 18.3. The van der Waals surface area contributed by atoms with Gasteiger partial charge in [-0.15, -0.1) is 0 Å². The van der Waals surface area contributed by atoms with Crippen LogP contribution in [0.25, 0.3) is 0 Å². The van der Waals surface area contributed by atoms with Gasteiger partial charge in [0.1, 0.15) is 36.4 Å². The van der Waals surface area contributed by atoms with E-state index in [4.69, 9.17) is 14.2 Å². The molecule has 0 spiro atoms. The van der Waals surface area contributed by atoms with Crippen molar-refractivity contribution < 1.29 is 28.6 Å². The number of carbonyl (C=O) groups is 3. The maximum absolute atomic E-state index is 13.4. The molecule has 12 nitrogen and oxygen atoms in total. The Hall–Kier alpha value is -3.18. The van der Waals surface area contributed by atoms with Crippen LogP contribution in [0.5, 0.6) is 0 Å². The van der Waals surface area contributed by atoms with Crippen LogP contribution in [-0.4, -0.2) is 90.0 Å². The second-order valence-corrected chi connectivity index (χ2v) is 11.9. The van der Waals surface area contributed by atoms with Gasteiger partial charge in [0.15, 0.2) is 18.1 Å². The van der Waals surface area contributed by atoms with Gasteiger partial charge in [0.25, 0.3) is 0 Å². The molecule has 39 heavy (non-hydrogen) atoms. The number of nitrogens with one attached hydrogen (secondary N) is 3. The maximum atomic E-state index is 13.4. The summed E-state index contributed by atoms with van der Waals surface area (Å²) in [4.78, 5) is 54.0. The Morgan fingerprint density at radius 2 is 0.744 bits per heavy atom. The van der Waals surface area contributed by atoms with Crippen molar-refractivity contribution in [2.24, 2.45) is 32.7 Å². The number of rotatable bonds is 3. The highest BCUT2D eigenvalue weighted by Crippen LogP contribution is 2.25. The second kappa shape index (κ2) is 11.1. The fraction of sp³-hybridized carbons (Fsp3) is 0.778. The minimum absolute atomic E-state index is 0.0702. The van der Waals surface area contributed by atoms with E-state index >= 15 is 0 Å². The highest BCUT2D eigenvalue weighted by molar-refractivity contribution is 5.99. The van der Waals surface area contributed by atoms with Gasteiger partial charge in [0.05, 0.1) is 0 Å². The van der Waals surface area contributed by atoms with Gasteiger partial charge >= 0.3 is 0 Å². The van der Waals surface area contributed by atoms with Gasteiger partial charge in [-0.05, 0) is 38.5 Å². The summed E-state index contributed by atoms with van der Waals surface area (Å²) in [7, 11) is 0. The molecule has 0 aromatic rings. The molecule has 4 aliphatic rings. The van der Waals surface area contributed by atoms with Crippen LogP contribution in [0.2, 0.25) is 0 Å². The third-order valence-corrected chi connectivity index (χ3v) is 7.55. The average Bonchev–Trinajstić information content (AvgIpc) is 3.54. The van der Waals surface area contributed by atoms with Crippen molar-refractivity contribution in [2.75, 3.05) is 0 Å². The van der Waals surface area contributed by atoms with Gasteiger partial charge < -0.3 is 30.2 Å². The van der Waals surface area contributed by atoms with Crippen LogP contribution in [0.4, 0.5) is 0 Å². The summed E-state index contributed by atoms with van der Waals surface area (Å²) >= 11 is 0. The fourth-order valence-corrected chi connectivity index (χ4v) is 5.11. The molecule has 0 aromatic heterocycles. The van der Waals surface area contributed by atoms with Crippen molar-refractivity contribution in [3.05, 3.63) is 0 Å². The first kappa shape index (κ1) is 28.8. The van der Waals surface area contributed by atoms with Crippen LogP contribution in [0.1, 0.15) is 62.3 Å². The molecule has 0 radical (unpaired) electrons. The van der Waals surface area contributed by atoms with E-state index in [1.807, 2.05) is 41.5 Å². The third-order valence-electron chi connectivity index (χ3n) is 7.55. The molecule has 12 heteroatoms. The molecular weight excluding hydrogens is 504 g/mol. The predicted molar refractivity (Wildman–Crippen MR) is 146 cm³/mol. The summed E-state index contributed by atoms with van der Waals surface area (Å²) in [6.07, 6.45) is -1.62. The van der Waals surface area contributed by atoms with E-state index in [1.54, 1.807) is 20.8 Å². The Balaban J connectivity index is 1.76. The van der Waals surface area contributed by atoms with Crippen LogP contribution in [0.3, 0.4) is 0 Å². The average molecular weight is 547 g/mol. The van der Waals surface area contributed by atoms with Gasteiger partial charge in [-0.25, -0.2) is 15.0 Å². The van der Waals surface area contributed by atoms with E-state index in [9.17, 15) is 14.4 Å². The fourth-order valence-electron chi connectivity index (χ4n) is 5.11. The monoisotopic (exact) mass is 546 g/mol. The summed E-state index contributed by atoms with van der Waals surface area (Å²) in [5, 5.41) is 9.03. The number of hydrogen-bond donors (Lipinski definition) is 3. The molecule has 6 bridgehead atoms. The van der Waals surface area contributed by atoms with E-state index in [1.165, 1.54) is 0 Å². The molecule has 0 saturated heterocycles. The summed E-state index contributed by atoms with van der Waals surface area (Å²) in [5.74, 6) is -0.323. The number of aliphatic imine (C=N–C) groups is 3. The number of fused-ring (bicyclic) bond motifs is 3. The predicted octanol–water partition coefficient (Wildman–Crippen LogP) is 0.980. The number of hydrogen-bond acceptors (Lipinski definition) is 9. The maximum Gasteiger partial charge on any atom is 0.249 e. The van der Waals surface area contributed by atoms with Crippen molar-refractivity contribution in [1.82, 2.24) is 16.0 Å². The van der Waals surface area contributed by atoms with E-state index in [0.29, 0.717) is 17.7 Å². The first-order valence-electron chi connectivity index (χ1n) is 13.9. The summed E-state index contributed by atoms with van der Waals surface area (Å²) < 4.78 is 18.0. The minimum Gasteiger partial charge on any atom is -0.474 e. The van der Waals surface area contributed by atoms with Crippen LogP contribution >= 0.6 is 0 Å². The van der Waals surface area contributed by atoms with Gasteiger partial charge in [-0.1, -0.05) is 41.5 Å². The van der Waals surface area contributed by atoms with Crippen LogP contribution in [-0.2, 0) is 28.6 Å². The molecule has 0 unspecified atom stereocenters. The molecule has 4 rings (SSSR count). The second-order valence-electron chi connectivity index (χ2n) is 11.9. The molecule has 216 valence electrons. The quantitative estimate of drug-likeness (QED) is 0.480. The van der Waals surface area contributed by atoms with Crippen LogP contribution in [0.15, 0.2) is 15.0 Å². The van der Waals surface area contributed by atoms with E-state index < -0.39 is 54.6 Å². The van der Waals surface area contributed by atoms with Gasteiger partial charge in [-0.2, -0.15) is 0 Å². The molecule has 4 heterocycles. The van der Waals surface area contributed by atoms with E-state index in [-0.39, 0.29) is 35.5 Å².